The Morgan fingerprint density at radius 1 is 0.958 bits per heavy atom. The highest BCUT2D eigenvalue weighted by Crippen LogP contribution is 2.17. The number of hydrogen-bond donors (Lipinski definition) is 1. The smallest absolute Gasteiger partial charge is 0.258 e. The van der Waals surface area contributed by atoms with Crippen LogP contribution in [0.25, 0.3) is 0 Å². The molecule has 24 heavy (non-hydrogen) atoms. The largest absolute Gasteiger partial charge is 0.276 e. The van der Waals surface area contributed by atoms with Gasteiger partial charge in [0.2, 0.25) is 0 Å². The molecule has 0 aromatic heterocycles. The number of rotatable bonds is 6. The minimum absolute atomic E-state index is 0.166. The summed E-state index contributed by atoms with van der Waals surface area (Å²) in [6.07, 6.45) is 1.09. The van der Waals surface area contributed by atoms with Gasteiger partial charge in [0.25, 0.3) is 21.4 Å². The van der Waals surface area contributed by atoms with Crippen LogP contribution in [-0.2, 0) is 10.0 Å². The van der Waals surface area contributed by atoms with Crippen molar-refractivity contribution in [1.29, 1.82) is 0 Å². The first kappa shape index (κ1) is 17.0. The van der Waals surface area contributed by atoms with E-state index in [-0.39, 0.29) is 16.3 Å². The number of hydrogen-bond acceptors (Lipinski definition) is 7. The first-order chi connectivity index (χ1) is 11.3. The van der Waals surface area contributed by atoms with E-state index in [0.29, 0.717) is 5.56 Å². The lowest BCUT2D eigenvalue weighted by atomic mass is 10.2. The van der Waals surface area contributed by atoms with Gasteiger partial charge in [-0.2, -0.15) is 13.5 Å². The lowest BCUT2D eigenvalue weighted by Crippen LogP contribution is -2.18. The lowest BCUT2D eigenvalue weighted by Gasteiger charge is -2.03. The van der Waals surface area contributed by atoms with Crippen LogP contribution < -0.4 is 4.83 Å². The summed E-state index contributed by atoms with van der Waals surface area (Å²) in [6.45, 7) is 0. The zero-order chi connectivity index (χ0) is 17.7. The van der Waals surface area contributed by atoms with Crippen LogP contribution in [0.4, 0.5) is 11.4 Å². The van der Waals surface area contributed by atoms with Gasteiger partial charge in [-0.25, -0.2) is 4.83 Å². The average Bonchev–Trinajstić information content (AvgIpc) is 2.55. The molecule has 0 heterocycles. The number of nitro groups is 2. The second-order valence-corrected chi connectivity index (χ2v) is 6.12. The van der Waals surface area contributed by atoms with Gasteiger partial charge in [-0.05, 0) is 6.07 Å². The molecular weight excluding hydrogens is 340 g/mol. The Balaban J connectivity index is 2.18. The Hall–Kier alpha value is -3.34. The van der Waals surface area contributed by atoms with Crippen molar-refractivity contribution in [1.82, 2.24) is 4.83 Å². The van der Waals surface area contributed by atoms with Gasteiger partial charge in [0.1, 0.15) is 0 Å². The number of hydrazone groups is 1. The summed E-state index contributed by atoms with van der Waals surface area (Å²) >= 11 is 0. The van der Waals surface area contributed by atoms with Crippen molar-refractivity contribution < 1.29 is 18.3 Å². The summed E-state index contributed by atoms with van der Waals surface area (Å²) in [7, 11) is -4.10. The molecule has 0 radical (unpaired) electrons. The van der Waals surface area contributed by atoms with Gasteiger partial charge in [-0.3, -0.25) is 20.2 Å². The Labute approximate surface area is 135 Å². The topological polar surface area (TPSA) is 145 Å². The van der Waals surface area contributed by atoms with E-state index in [1.54, 1.807) is 0 Å². The second kappa shape index (κ2) is 6.83. The maximum absolute atomic E-state index is 12.0. The number of sulfonamides is 1. The van der Waals surface area contributed by atoms with Gasteiger partial charge in [0.15, 0.2) is 0 Å². The third-order valence-corrected chi connectivity index (χ3v) is 4.03. The van der Waals surface area contributed by atoms with Gasteiger partial charge >= 0.3 is 0 Å². The third-order valence-electron chi connectivity index (χ3n) is 2.81. The normalized spacial score (nSPS) is 11.3. The van der Waals surface area contributed by atoms with Crippen LogP contribution in [0.2, 0.25) is 0 Å². The van der Waals surface area contributed by atoms with Crippen LogP contribution in [0.3, 0.4) is 0 Å². The highest BCUT2D eigenvalue weighted by Gasteiger charge is 2.16. The minimum Gasteiger partial charge on any atom is -0.258 e. The van der Waals surface area contributed by atoms with E-state index < -0.39 is 19.9 Å². The summed E-state index contributed by atoms with van der Waals surface area (Å²) in [5.74, 6) is 0. The molecule has 2 rings (SSSR count). The van der Waals surface area contributed by atoms with Gasteiger partial charge in [0, 0.05) is 29.8 Å². The molecule has 0 amide bonds. The fourth-order valence-electron chi connectivity index (χ4n) is 1.71. The molecule has 0 spiro atoms. The van der Waals surface area contributed by atoms with Crippen LogP contribution in [0.5, 0.6) is 0 Å². The predicted octanol–water partition coefficient (Wildman–Crippen LogP) is 1.82. The van der Waals surface area contributed by atoms with Gasteiger partial charge < -0.3 is 0 Å². The van der Waals surface area contributed by atoms with E-state index in [0.717, 1.165) is 18.3 Å². The van der Waals surface area contributed by atoms with Gasteiger partial charge in [-0.15, -0.1) is 0 Å². The van der Waals surface area contributed by atoms with Crippen LogP contribution in [0.1, 0.15) is 5.56 Å². The predicted molar refractivity (Wildman–Crippen MR) is 84.1 cm³/mol. The molecular formula is C13H10N4O6S. The molecule has 0 saturated carbocycles. The molecule has 2 aromatic carbocycles. The molecule has 0 fully saturated rings. The molecule has 0 aliphatic heterocycles. The van der Waals surface area contributed by atoms with E-state index in [1.165, 1.54) is 36.4 Å². The standard InChI is InChI=1S/C13H10N4O6S/c18-16(19)11-4-1-3-10(7-11)9-14-15-24(22,23)13-6-2-5-12(8-13)17(20)21/h1-9,15H/b14-9+. The number of nitrogens with zero attached hydrogens (tertiary/aromatic N) is 3. The molecule has 124 valence electrons. The Morgan fingerprint density at radius 3 is 2.17 bits per heavy atom. The molecule has 0 aliphatic carbocycles. The van der Waals surface area contributed by atoms with Crippen LogP contribution in [0.15, 0.2) is 58.5 Å². The summed E-state index contributed by atoms with van der Waals surface area (Å²) in [4.78, 5) is 21.6. The Morgan fingerprint density at radius 2 is 1.54 bits per heavy atom. The van der Waals surface area contributed by atoms with Crippen LogP contribution in [-0.4, -0.2) is 24.5 Å². The molecule has 0 atom stereocenters. The van der Waals surface area contributed by atoms with Crippen LogP contribution >= 0.6 is 0 Å². The highest BCUT2D eigenvalue weighted by molar-refractivity contribution is 7.89. The van der Waals surface area contributed by atoms with Gasteiger partial charge in [0.05, 0.1) is 21.0 Å². The number of benzene rings is 2. The summed E-state index contributed by atoms with van der Waals surface area (Å²) in [6, 6.07) is 9.88. The first-order valence-electron chi connectivity index (χ1n) is 6.33. The number of non-ortho nitro benzene ring substituents is 2. The SMILES string of the molecule is O=[N+]([O-])c1cccc(/C=N/NS(=O)(=O)c2cccc([N+](=O)[O-])c2)c1. The molecule has 2 aromatic rings. The molecule has 11 heteroatoms. The monoisotopic (exact) mass is 350 g/mol. The maximum atomic E-state index is 12.0. The van der Waals surface area contributed by atoms with Crippen molar-refractivity contribution in [2.45, 2.75) is 4.90 Å². The van der Waals surface area contributed by atoms with Crippen molar-refractivity contribution in [3.8, 4) is 0 Å². The van der Waals surface area contributed by atoms with Crippen molar-refractivity contribution in [3.05, 3.63) is 74.3 Å². The van der Waals surface area contributed by atoms with E-state index >= 15 is 0 Å². The Bertz CT molecular complexity index is 926. The van der Waals surface area contributed by atoms with E-state index in [9.17, 15) is 28.6 Å². The summed E-state index contributed by atoms with van der Waals surface area (Å²) in [5, 5.41) is 24.8. The zero-order valence-electron chi connectivity index (χ0n) is 11.9. The molecule has 10 nitrogen and oxygen atoms in total. The highest BCUT2D eigenvalue weighted by atomic mass is 32.2. The van der Waals surface area contributed by atoms with E-state index in [2.05, 4.69) is 5.10 Å². The van der Waals surface area contributed by atoms with E-state index in [1.807, 2.05) is 4.83 Å². The molecule has 0 aliphatic rings. The average molecular weight is 350 g/mol. The fourth-order valence-corrected chi connectivity index (χ4v) is 2.54. The third kappa shape index (κ3) is 4.10. The molecule has 0 saturated heterocycles. The van der Waals surface area contributed by atoms with E-state index in [4.69, 9.17) is 0 Å². The number of nitrogens with one attached hydrogen (secondary N) is 1. The molecule has 1 N–H and O–H groups in total. The van der Waals surface area contributed by atoms with Crippen molar-refractivity contribution in [3.63, 3.8) is 0 Å². The minimum atomic E-state index is -4.10. The van der Waals surface area contributed by atoms with Crippen molar-refractivity contribution in [2.24, 2.45) is 5.10 Å². The molecule has 0 bridgehead atoms. The lowest BCUT2D eigenvalue weighted by molar-refractivity contribution is -0.385. The molecule has 0 unspecified atom stereocenters. The summed E-state index contributed by atoms with van der Waals surface area (Å²) in [5.41, 5.74) is -0.230. The second-order valence-electron chi connectivity index (χ2n) is 4.46. The maximum Gasteiger partial charge on any atom is 0.276 e. The summed E-state index contributed by atoms with van der Waals surface area (Å²) < 4.78 is 24.0. The quantitative estimate of drug-likeness (QED) is 0.478. The fraction of sp³-hybridized carbons (Fsp3) is 0. The van der Waals surface area contributed by atoms with Crippen LogP contribution in [0, 0.1) is 20.2 Å². The number of nitro benzene ring substituents is 2. The van der Waals surface area contributed by atoms with Crippen molar-refractivity contribution in [2.75, 3.05) is 0 Å². The van der Waals surface area contributed by atoms with Gasteiger partial charge in [-0.1, -0.05) is 18.2 Å². The Kier molecular flexibility index (Phi) is 4.84. The first-order valence-corrected chi connectivity index (χ1v) is 7.82. The zero-order valence-corrected chi connectivity index (χ0v) is 12.7. The van der Waals surface area contributed by atoms with Crippen molar-refractivity contribution >= 4 is 27.6 Å².